The average Bonchev–Trinajstić information content (AvgIpc) is 2.92. The maximum atomic E-state index is 11.3. The number of fused-ring (bicyclic) bond motifs is 1. The lowest BCUT2D eigenvalue weighted by Crippen LogP contribution is -2.38. The van der Waals surface area contributed by atoms with Crippen LogP contribution < -0.4 is 10.4 Å². The molecule has 0 saturated heterocycles. The number of carboxylic acids is 1. The van der Waals surface area contributed by atoms with Crippen molar-refractivity contribution in [1.29, 1.82) is 0 Å². The molecule has 1 atom stereocenters. The SMILES string of the molecule is O=C([O-])C(NCc1c[nH]c2ccccc12)c1ccccc1. The van der Waals surface area contributed by atoms with Crippen molar-refractivity contribution in [2.45, 2.75) is 12.6 Å². The van der Waals surface area contributed by atoms with Crippen molar-refractivity contribution >= 4 is 16.9 Å². The summed E-state index contributed by atoms with van der Waals surface area (Å²) in [6.07, 6.45) is 1.90. The summed E-state index contributed by atoms with van der Waals surface area (Å²) in [6, 6.07) is 16.2. The highest BCUT2D eigenvalue weighted by Crippen LogP contribution is 2.19. The van der Waals surface area contributed by atoms with Gasteiger partial charge in [-0.1, -0.05) is 48.5 Å². The zero-order chi connectivity index (χ0) is 14.7. The molecule has 0 aliphatic carbocycles. The average molecular weight is 279 g/mol. The van der Waals surface area contributed by atoms with Gasteiger partial charge in [-0.15, -0.1) is 0 Å². The Bertz CT molecular complexity index is 750. The first-order valence-electron chi connectivity index (χ1n) is 6.80. The van der Waals surface area contributed by atoms with E-state index in [9.17, 15) is 9.90 Å². The summed E-state index contributed by atoms with van der Waals surface area (Å²) in [5.41, 5.74) is 2.77. The van der Waals surface area contributed by atoms with E-state index in [1.807, 2.05) is 48.7 Å². The Hall–Kier alpha value is -2.59. The predicted octanol–water partition coefficient (Wildman–Crippen LogP) is 1.75. The topological polar surface area (TPSA) is 67.9 Å². The largest absolute Gasteiger partial charge is 0.548 e. The van der Waals surface area contributed by atoms with Gasteiger partial charge in [0.05, 0.1) is 12.0 Å². The number of H-pyrrole nitrogens is 1. The molecule has 0 fully saturated rings. The van der Waals surface area contributed by atoms with E-state index in [1.165, 1.54) is 0 Å². The number of benzene rings is 2. The molecule has 21 heavy (non-hydrogen) atoms. The molecule has 0 radical (unpaired) electrons. The molecule has 0 aliphatic rings. The lowest BCUT2D eigenvalue weighted by molar-refractivity contribution is -0.309. The summed E-state index contributed by atoms with van der Waals surface area (Å²) >= 11 is 0. The van der Waals surface area contributed by atoms with E-state index in [0.717, 1.165) is 16.5 Å². The second kappa shape index (κ2) is 5.81. The molecular formula is C17H15N2O2-. The van der Waals surface area contributed by atoms with Crippen molar-refractivity contribution in [2.75, 3.05) is 0 Å². The van der Waals surface area contributed by atoms with Crippen LogP contribution in [-0.2, 0) is 11.3 Å². The summed E-state index contributed by atoms with van der Waals surface area (Å²) in [7, 11) is 0. The van der Waals surface area contributed by atoms with E-state index in [-0.39, 0.29) is 0 Å². The minimum atomic E-state index is -1.12. The number of aliphatic carboxylic acids is 1. The number of carbonyl (C=O) groups excluding carboxylic acids is 1. The molecule has 3 rings (SSSR count). The fraction of sp³-hybridized carbons (Fsp3) is 0.118. The first-order valence-corrected chi connectivity index (χ1v) is 6.80. The molecule has 0 bridgehead atoms. The van der Waals surface area contributed by atoms with Crippen molar-refractivity contribution in [3.05, 3.63) is 71.9 Å². The van der Waals surface area contributed by atoms with Crippen LogP contribution in [0.5, 0.6) is 0 Å². The Morgan fingerprint density at radius 3 is 2.57 bits per heavy atom. The van der Waals surface area contributed by atoms with Gasteiger partial charge in [0.1, 0.15) is 0 Å². The molecular weight excluding hydrogens is 264 g/mol. The van der Waals surface area contributed by atoms with Crippen molar-refractivity contribution in [2.24, 2.45) is 0 Å². The van der Waals surface area contributed by atoms with E-state index in [2.05, 4.69) is 10.3 Å². The van der Waals surface area contributed by atoms with Crippen LogP contribution in [0.2, 0.25) is 0 Å². The molecule has 4 nitrogen and oxygen atoms in total. The molecule has 1 unspecified atom stereocenters. The number of hydrogen-bond donors (Lipinski definition) is 2. The summed E-state index contributed by atoms with van der Waals surface area (Å²) < 4.78 is 0. The van der Waals surface area contributed by atoms with E-state index >= 15 is 0 Å². The number of carbonyl (C=O) groups is 1. The van der Waals surface area contributed by atoms with Crippen LogP contribution in [-0.4, -0.2) is 11.0 Å². The fourth-order valence-corrected chi connectivity index (χ4v) is 2.47. The highest BCUT2D eigenvalue weighted by molar-refractivity contribution is 5.83. The van der Waals surface area contributed by atoms with E-state index in [1.54, 1.807) is 12.1 Å². The zero-order valence-electron chi connectivity index (χ0n) is 11.4. The third-order valence-corrected chi connectivity index (χ3v) is 3.54. The Morgan fingerprint density at radius 1 is 1.10 bits per heavy atom. The summed E-state index contributed by atoms with van der Waals surface area (Å²) in [4.78, 5) is 14.5. The Morgan fingerprint density at radius 2 is 1.81 bits per heavy atom. The van der Waals surface area contributed by atoms with Gasteiger partial charge in [-0.3, -0.25) is 0 Å². The molecule has 3 aromatic rings. The molecule has 2 N–H and O–H groups in total. The van der Waals surface area contributed by atoms with Crippen molar-refractivity contribution in [3.8, 4) is 0 Å². The quantitative estimate of drug-likeness (QED) is 0.747. The van der Waals surface area contributed by atoms with Crippen LogP contribution in [0.15, 0.2) is 60.8 Å². The van der Waals surface area contributed by atoms with E-state index < -0.39 is 12.0 Å². The number of aromatic nitrogens is 1. The van der Waals surface area contributed by atoms with Crippen LogP contribution in [0.25, 0.3) is 10.9 Å². The molecule has 4 heteroatoms. The Labute approximate surface area is 122 Å². The Balaban J connectivity index is 1.80. The second-order valence-electron chi connectivity index (χ2n) is 4.90. The minimum absolute atomic E-state index is 0.456. The van der Waals surface area contributed by atoms with Crippen LogP contribution in [0.3, 0.4) is 0 Å². The molecule has 0 spiro atoms. The maximum Gasteiger partial charge on any atom is 0.0726 e. The molecule has 0 amide bonds. The second-order valence-corrected chi connectivity index (χ2v) is 4.90. The third-order valence-electron chi connectivity index (χ3n) is 3.54. The number of carboxylic acid groups (broad SMARTS) is 1. The standard InChI is InChI=1S/C17H16N2O2/c20-17(21)16(12-6-2-1-3-7-12)19-11-13-10-18-15-9-5-4-8-14(13)15/h1-10,16,18-19H,11H2,(H,20,21)/p-1. The number of para-hydroxylation sites is 1. The molecule has 0 aliphatic heterocycles. The van der Waals surface area contributed by atoms with Crippen molar-refractivity contribution in [1.82, 2.24) is 10.3 Å². The zero-order valence-corrected chi connectivity index (χ0v) is 11.4. The van der Waals surface area contributed by atoms with Gasteiger partial charge >= 0.3 is 0 Å². The third kappa shape index (κ3) is 2.80. The van der Waals surface area contributed by atoms with E-state index in [0.29, 0.717) is 12.1 Å². The van der Waals surface area contributed by atoms with Crippen LogP contribution in [0.4, 0.5) is 0 Å². The smallest absolute Gasteiger partial charge is 0.0726 e. The van der Waals surface area contributed by atoms with Gasteiger partial charge in [0.15, 0.2) is 0 Å². The predicted molar refractivity (Wildman–Crippen MR) is 79.3 cm³/mol. The Kier molecular flexibility index (Phi) is 3.71. The van der Waals surface area contributed by atoms with Crippen LogP contribution >= 0.6 is 0 Å². The number of aromatic amines is 1. The summed E-state index contributed by atoms with van der Waals surface area (Å²) in [5, 5.41) is 15.5. The number of rotatable bonds is 5. The highest BCUT2D eigenvalue weighted by atomic mass is 16.4. The van der Waals surface area contributed by atoms with Gasteiger partial charge in [0.2, 0.25) is 0 Å². The molecule has 2 aromatic carbocycles. The molecule has 106 valence electrons. The molecule has 1 aromatic heterocycles. The number of hydrogen-bond acceptors (Lipinski definition) is 3. The normalized spacial score (nSPS) is 12.4. The lowest BCUT2D eigenvalue weighted by Gasteiger charge is -2.20. The molecule has 1 heterocycles. The summed E-state index contributed by atoms with van der Waals surface area (Å²) in [6.45, 7) is 0.456. The molecule has 0 saturated carbocycles. The van der Waals surface area contributed by atoms with Crippen molar-refractivity contribution < 1.29 is 9.90 Å². The first-order chi connectivity index (χ1) is 10.3. The van der Waals surface area contributed by atoms with Gasteiger partial charge < -0.3 is 20.2 Å². The van der Waals surface area contributed by atoms with E-state index in [4.69, 9.17) is 0 Å². The minimum Gasteiger partial charge on any atom is -0.548 e. The lowest BCUT2D eigenvalue weighted by atomic mass is 10.1. The van der Waals surface area contributed by atoms with Gasteiger partial charge in [0, 0.05) is 23.6 Å². The van der Waals surface area contributed by atoms with Gasteiger partial charge in [-0.05, 0) is 17.2 Å². The maximum absolute atomic E-state index is 11.3. The van der Waals surface area contributed by atoms with Gasteiger partial charge in [-0.2, -0.15) is 0 Å². The van der Waals surface area contributed by atoms with Crippen molar-refractivity contribution in [3.63, 3.8) is 0 Å². The van der Waals surface area contributed by atoms with Crippen LogP contribution in [0.1, 0.15) is 17.2 Å². The monoisotopic (exact) mass is 279 g/mol. The first kappa shape index (κ1) is 13.4. The van der Waals surface area contributed by atoms with Gasteiger partial charge in [-0.25, -0.2) is 0 Å². The highest BCUT2D eigenvalue weighted by Gasteiger charge is 2.12. The van der Waals surface area contributed by atoms with Gasteiger partial charge in [0.25, 0.3) is 0 Å². The fourth-order valence-electron chi connectivity index (χ4n) is 2.47. The summed E-state index contributed by atoms with van der Waals surface area (Å²) in [5.74, 6) is -1.12. The van der Waals surface area contributed by atoms with Crippen LogP contribution in [0, 0.1) is 0 Å². The number of nitrogens with one attached hydrogen (secondary N) is 2.